The number of ether oxygens (including phenoxy) is 1. The van der Waals surface area contributed by atoms with Crippen molar-refractivity contribution in [1.82, 2.24) is 14.9 Å². The first kappa shape index (κ1) is 16.9. The van der Waals surface area contributed by atoms with E-state index in [0.29, 0.717) is 29.0 Å². The lowest BCUT2D eigenvalue weighted by molar-refractivity contribution is -0.0146. The van der Waals surface area contributed by atoms with Gasteiger partial charge in [-0.2, -0.15) is 0 Å². The Balaban J connectivity index is 1.46. The van der Waals surface area contributed by atoms with Crippen LogP contribution in [0.2, 0.25) is 0 Å². The maximum atomic E-state index is 13.5. The predicted octanol–water partition coefficient (Wildman–Crippen LogP) is 2.79. The van der Waals surface area contributed by atoms with Crippen LogP contribution in [0.1, 0.15) is 12.8 Å². The van der Waals surface area contributed by atoms with Crippen LogP contribution in [-0.4, -0.2) is 53.7 Å². The second-order valence-corrected chi connectivity index (χ2v) is 6.75. The summed E-state index contributed by atoms with van der Waals surface area (Å²) in [4.78, 5) is 15.1. The Labute approximate surface area is 152 Å². The zero-order valence-electron chi connectivity index (χ0n) is 14.7. The lowest BCUT2D eigenvalue weighted by atomic mass is 9.86. The Kier molecular flexibility index (Phi) is 4.79. The maximum absolute atomic E-state index is 13.5. The van der Waals surface area contributed by atoms with Crippen molar-refractivity contribution in [2.24, 2.45) is 10.9 Å². The molecule has 0 radical (unpaired) electrons. The first-order valence-electron chi connectivity index (χ1n) is 8.92. The van der Waals surface area contributed by atoms with Crippen molar-refractivity contribution < 1.29 is 9.13 Å². The van der Waals surface area contributed by atoms with Crippen LogP contribution in [0, 0.1) is 11.7 Å². The Morgan fingerprint density at radius 2 is 2.12 bits per heavy atom. The van der Waals surface area contributed by atoms with Crippen LogP contribution in [0.15, 0.2) is 41.7 Å². The molecule has 3 fully saturated rings. The smallest absolute Gasteiger partial charge is 0.290 e. The van der Waals surface area contributed by atoms with E-state index in [1.807, 2.05) is 6.07 Å². The van der Waals surface area contributed by atoms with Crippen molar-refractivity contribution >= 4 is 11.8 Å². The van der Waals surface area contributed by atoms with Crippen LogP contribution in [0.3, 0.4) is 0 Å². The number of nitrogens with zero attached hydrogens (tertiary/aromatic N) is 4. The van der Waals surface area contributed by atoms with Gasteiger partial charge in [0.15, 0.2) is 0 Å². The van der Waals surface area contributed by atoms with E-state index in [4.69, 9.17) is 4.74 Å². The van der Waals surface area contributed by atoms with Gasteiger partial charge in [0, 0.05) is 25.2 Å². The summed E-state index contributed by atoms with van der Waals surface area (Å²) in [6.07, 6.45) is 3.97. The number of hydrogen-bond donors (Lipinski definition) is 1. The number of halogens is 1. The standard InChI is InChI=1S/C19H22FN5O/c1-21-19(26-17-11-25-7-5-13(17)6-8-25)24-18-10-16(22-12-23-18)14-3-2-4-15(20)9-14/h2-4,9-10,12-13,17H,5-8,11H2,1H3,(H,21,22,23,24)/t17-/m0/s1. The van der Waals surface area contributed by atoms with E-state index in [9.17, 15) is 4.39 Å². The number of amidine groups is 1. The molecule has 3 aliphatic heterocycles. The molecule has 1 aromatic carbocycles. The second kappa shape index (κ2) is 7.37. The van der Waals surface area contributed by atoms with Gasteiger partial charge in [0.1, 0.15) is 24.1 Å². The number of anilines is 1. The van der Waals surface area contributed by atoms with E-state index < -0.39 is 0 Å². The van der Waals surface area contributed by atoms with Gasteiger partial charge in [0.25, 0.3) is 6.02 Å². The molecule has 136 valence electrons. The van der Waals surface area contributed by atoms with Crippen LogP contribution < -0.4 is 5.32 Å². The van der Waals surface area contributed by atoms with E-state index in [-0.39, 0.29) is 11.9 Å². The van der Waals surface area contributed by atoms with E-state index >= 15 is 0 Å². The van der Waals surface area contributed by atoms with Crippen LogP contribution in [-0.2, 0) is 4.74 Å². The minimum Gasteiger partial charge on any atom is -0.460 e. The summed E-state index contributed by atoms with van der Waals surface area (Å²) in [7, 11) is 1.69. The summed E-state index contributed by atoms with van der Waals surface area (Å²) in [5.41, 5.74) is 1.34. The maximum Gasteiger partial charge on any atom is 0.290 e. The number of hydrogen-bond acceptors (Lipinski definition) is 5. The lowest BCUT2D eigenvalue weighted by Crippen LogP contribution is -2.52. The number of benzene rings is 1. The minimum atomic E-state index is -0.294. The summed E-state index contributed by atoms with van der Waals surface area (Å²) < 4.78 is 19.6. The van der Waals surface area contributed by atoms with Crippen molar-refractivity contribution in [1.29, 1.82) is 0 Å². The predicted molar refractivity (Wildman–Crippen MR) is 98.4 cm³/mol. The van der Waals surface area contributed by atoms with Gasteiger partial charge in [0.2, 0.25) is 0 Å². The molecular formula is C19H22FN5O. The molecular weight excluding hydrogens is 333 g/mol. The second-order valence-electron chi connectivity index (χ2n) is 6.75. The lowest BCUT2D eigenvalue weighted by Gasteiger charge is -2.44. The van der Waals surface area contributed by atoms with Crippen molar-refractivity contribution in [2.75, 3.05) is 32.0 Å². The highest BCUT2D eigenvalue weighted by atomic mass is 19.1. The Bertz CT molecular complexity index is 804. The summed E-state index contributed by atoms with van der Waals surface area (Å²) in [6, 6.07) is 8.55. The zero-order valence-corrected chi connectivity index (χ0v) is 14.7. The molecule has 2 bridgehead atoms. The van der Waals surface area contributed by atoms with Gasteiger partial charge < -0.3 is 4.74 Å². The normalized spacial score (nSPS) is 25.2. The molecule has 3 aliphatic rings. The van der Waals surface area contributed by atoms with Gasteiger partial charge in [-0.3, -0.25) is 10.2 Å². The molecule has 0 amide bonds. The highest BCUT2D eigenvalue weighted by molar-refractivity contribution is 5.88. The van der Waals surface area contributed by atoms with Gasteiger partial charge in [-0.25, -0.2) is 19.4 Å². The summed E-state index contributed by atoms with van der Waals surface area (Å²) in [5.74, 6) is 0.866. The van der Waals surface area contributed by atoms with Gasteiger partial charge in [-0.1, -0.05) is 12.1 Å². The molecule has 26 heavy (non-hydrogen) atoms. The Morgan fingerprint density at radius 1 is 1.27 bits per heavy atom. The Morgan fingerprint density at radius 3 is 2.81 bits per heavy atom. The van der Waals surface area contributed by atoms with E-state index in [1.54, 1.807) is 19.2 Å². The quantitative estimate of drug-likeness (QED) is 0.678. The molecule has 0 unspecified atom stereocenters. The molecule has 0 spiro atoms. The molecule has 1 atom stereocenters. The Hall–Kier alpha value is -2.54. The third-order valence-electron chi connectivity index (χ3n) is 5.08. The number of nitrogens with one attached hydrogen (secondary N) is 1. The molecule has 7 heteroatoms. The fourth-order valence-electron chi connectivity index (χ4n) is 3.67. The highest BCUT2D eigenvalue weighted by Gasteiger charge is 2.36. The molecule has 5 rings (SSSR count). The number of piperidine rings is 3. The minimum absolute atomic E-state index is 0.160. The molecule has 2 aromatic rings. The first-order valence-corrected chi connectivity index (χ1v) is 8.92. The molecule has 3 saturated heterocycles. The summed E-state index contributed by atoms with van der Waals surface area (Å²) in [6.45, 7) is 3.28. The van der Waals surface area contributed by atoms with Gasteiger partial charge >= 0.3 is 0 Å². The molecule has 6 nitrogen and oxygen atoms in total. The molecule has 0 saturated carbocycles. The molecule has 1 aromatic heterocycles. The first-order chi connectivity index (χ1) is 12.7. The SMILES string of the molecule is CN=C(Nc1cc(-c2cccc(F)c2)ncn1)O[C@H]1CN2CCC1CC2. The van der Waals surface area contributed by atoms with E-state index in [0.717, 1.165) is 6.54 Å². The van der Waals surface area contributed by atoms with Crippen LogP contribution in [0.4, 0.5) is 10.2 Å². The fourth-order valence-corrected chi connectivity index (χ4v) is 3.67. The highest BCUT2D eigenvalue weighted by Crippen LogP contribution is 2.29. The van der Waals surface area contributed by atoms with Crippen LogP contribution in [0.5, 0.6) is 0 Å². The summed E-state index contributed by atoms with van der Waals surface area (Å²) in [5, 5.41) is 3.12. The monoisotopic (exact) mass is 355 g/mol. The largest absolute Gasteiger partial charge is 0.460 e. The number of rotatable bonds is 3. The number of aliphatic imine (C=N–C) groups is 1. The number of aromatic nitrogens is 2. The number of fused-ring (bicyclic) bond motifs is 3. The van der Waals surface area contributed by atoms with Gasteiger partial charge in [0.05, 0.1) is 5.69 Å². The van der Waals surface area contributed by atoms with Crippen molar-refractivity contribution in [3.63, 3.8) is 0 Å². The van der Waals surface area contributed by atoms with Gasteiger partial charge in [-0.05, 0) is 44.0 Å². The average molecular weight is 355 g/mol. The third kappa shape index (κ3) is 3.67. The fraction of sp³-hybridized carbons (Fsp3) is 0.421. The van der Waals surface area contributed by atoms with Crippen LogP contribution >= 0.6 is 0 Å². The van der Waals surface area contributed by atoms with Crippen molar-refractivity contribution in [2.45, 2.75) is 18.9 Å². The van der Waals surface area contributed by atoms with E-state index in [2.05, 4.69) is 25.2 Å². The molecule has 4 heterocycles. The topological polar surface area (TPSA) is 62.6 Å². The van der Waals surface area contributed by atoms with Crippen molar-refractivity contribution in [3.05, 3.63) is 42.5 Å². The van der Waals surface area contributed by atoms with E-state index in [1.165, 1.54) is 44.4 Å². The summed E-state index contributed by atoms with van der Waals surface area (Å²) >= 11 is 0. The van der Waals surface area contributed by atoms with Crippen molar-refractivity contribution in [3.8, 4) is 11.3 Å². The average Bonchev–Trinajstić information content (AvgIpc) is 2.69. The molecule has 1 N–H and O–H groups in total. The van der Waals surface area contributed by atoms with Crippen LogP contribution in [0.25, 0.3) is 11.3 Å². The third-order valence-corrected chi connectivity index (χ3v) is 5.08. The molecule has 0 aliphatic carbocycles. The van der Waals surface area contributed by atoms with Gasteiger partial charge in [-0.15, -0.1) is 0 Å². The zero-order chi connectivity index (χ0) is 17.9.